The minimum absolute atomic E-state index is 0.293. The molecule has 1 rings (SSSR count). The fraction of sp³-hybridized carbons (Fsp3) is 0.500. The van der Waals surface area contributed by atoms with E-state index in [4.69, 9.17) is 9.84 Å². The third kappa shape index (κ3) is 4.21. The number of nitrogens with one attached hydrogen (secondary N) is 1. The second kappa shape index (κ2) is 6.52. The van der Waals surface area contributed by atoms with E-state index >= 15 is 0 Å². The van der Waals surface area contributed by atoms with Gasteiger partial charge in [0.05, 0.1) is 6.61 Å². The lowest BCUT2D eigenvalue weighted by Gasteiger charge is -2.24. The number of likely N-dealkylation sites (N-methyl/N-ethyl adjacent to an activating group) is 1. The summed E-state index contributed by atoms with van der Waals surface area (Å²) in [6.45, 7) is 3.81. The van der Waals surface area contributed by atoms with E-state index in [-0.39, 0.29) is 5.82 Å². The van der Waals surface area contributed by atoms with Gasteiger partial charge in [-0.15, -0.1) is 0 Å². The van der Waals surface area contributed by atoms with E-state index in [1.807, 2.05) is 0 Å². The molecule has 0 aliphatic heterocycles. The van der Waals surface area contributed by atoms with Gasteiger partial charge in [-0.1, -0.05) is 0 Å². The molecule has 19 heavy (non-hydrogen) atoms. The van der Waals surface area contributed by atoms with Gasteiger partial charge in [0.2, 0.25) is 0 Å². The van der Waals surface area contributed by atoms with Crippen molar-refractivity contribution in [2.75, 3.05) is 13.7 Å². The average Bonchev–Trinajstić information content (AvgIpc) is 2.36. The quantitative estimate of drug-likeness (QED) is 0.746. The van der Waals surface area contributed by atoms with Gasteiger partial charge < -0.3 is 15.2 Å². The zero-order chi connectivity index (χ0) is 14.5. The van der Waals surface area contributed by atoms with Crippen molar-refractivity contribution in [2.24, 2.45) is 0 Å². The Kier molecular flexibility index (Phi) is 5.30. The van der Waals surface area contributed by atoms with Crippen molar-refractivity contribution in [3.63, 3.8) is 0 Å². The molecule has 2 N–H and O–H groups in total. The van der Waals surface area contributed by atoms with Crippen LogP contribution in [0.2, 0.25) is 0 Å². The Morgan fingerprint density at radius 3 is 2.74 bits per heavy atom. The smallest absolute Gasteiger partial charge is 0.323 e. The molecule has 0 radical (unpaired) electrons. The summed E-state index contributed by atoms with van der Waals surface area (Å²) < 4.78 is 18.4. The Hall–Kier alpha value is -1.62. The molecular formula is C14H20FNO3. The third-order valence-corrected chi connectivity index (χ3v) is 3.24. The highest BCUT2D eigenvalue weighted by Crippen LogP contribution is 2.19. The summed E-state index contributed by atoms with van der Waals surface area (Å²) in [4.78, 5) is 11.1. The number of carboxylic acid groups (broad SMARTS) is 1. The van der Waals surface area contributed by atoms with Crippen molar-refractivity contribution in [2.45, 2.75) is 32.2 Å². The van der Waals surface area contributed by atoms with Crippen LogP contribution in [0.4, 0.5) is 4.39 Å². The number of aryl methyl sites for hydroxylation is 1. The summed E-state index contributed by atoms with van der Waals surface area (Å²) in [6, 6.07) is 4.33. The van der Waals surface area contributed by atoms with Crippen molar-refractivity contribution >= 4 is 5.97 Å². The topological polar surface area (TPSA) is 58.6 Å². The molecule has 0 heterocycles. The molecule has 0 bridgehead atoms. The number of benzene rings is 1. The average molecular weight is 269 g/mol. The maximum atomic E-state index is 12.9. The first kappa shape index (κ1) is 15.4. The summed E-state index contributed by atoms with van der Waals surface area (Å²) in [6.07, 6.45) is 1.06. The van der Waals surface area contributed by atoms with Crippen molar-refractivity contribution in [1.29, 1.82) is 0 Å². The first-order chi connectivity index (χ1) is 8.89. The second-order valence-electron chi connectivity index (χ2n) is 4.75. The zero-order valence-electron chi connectivity index (χ0n) is 11.5. The molecule has 1 aromatic rings. The summed E-state index contributed by atoms with van der Waals surface area (Å²) in [7, 11) is 1.62. The lowest BCUT2D eigenvalue weighted by atomic mass is 9.96. The second-order valence-corrected chi connectivity index (χ2v) is 4.75. The summed E-state index contributed by atoms with van der Waals surface area (Å²) in [5.41, 5.74) is -0.212. The summed E-state index contributed by atoms with van der Waals surface area (Å²) >= 11 is 0. The van der Waals surface area contributed by atoms with Crippen LogP contribution in [0.3, 0.4) is 0 Å². The van der Waals surface area contributed by atoms with Crippen LogP contribution in [0.15, 0.2) is 18.2 Å². The molecule has 1 unspecified atom stereocenters. The first-order valence-corrected chi connectivity index (χ1v) is 6.20. The van der Waals surface area contributed by atoms with Gasteiger partial charge in [-0.3, -0.25) is 4.79 Å². The van der Waals surface area contributed by atoms with E-state index in [1.165, 1.54) is 12.1 Å². The molecule has 1 aromatic carbocycles. The van der Waals surface area contributed by atoms with Gasteiger partial charge in [0.25, 0.3) is 0 Å². The Bertz CT molecular complexity index is 450. The number of rotatable bonds is 7. The molecule has 0 aliphatic carbocycles. The van der Waals surface area contributed by atoms with Crippen LogP contribution >= 0.6 is 0 Å². The molecule has 0 aromatic heterocycles. The van der Waals surface area contributed by atoms with Crippen molar-refractivity contribution < 1.29 is 19.0 Å². The highest BCUT2D eigenvalue weighted by molar-refractivity contribution is 5.78. The lowest BCUT2D eigenvalue weighted by molar-refractivity contribution is -0.144. The number of aliphatic carboxylic acids is 1. The van der Waals surface area contributed by atoms with Gasteiger partial charge in [-0.25, -0.2) is 4.39 Å². The van der Waals surface area contributed by atoms with Gasteiger partial charge in [0.15, 0.2) is 0 Å². The van der Waals surface area contributed by atoms with Crippen LogP contribution in [0, 0.1) is 12.7 Å². The molecule has 0 amide bonds. The van der Waals surface area contributed by atoms with E-state index in [0.29, 0.717) is 25.2 Å². The maximum absolute atomic E-state index is 12.9. The Morgan fingerprint density at radius 1 is 1.53 bits per heavy atom. The van der Waals surface area contributed by atoms with Crippen LogP contribution in [-0.2, 0) is 4.79 Å². The van der Waals surface area contributed by atoms with Crippen LogP contribution in [0.25, 0.3) is 0 Å². The zero-order valence-corrected chi connectivity index (χ0v) is 11.5. The minimum Gasteiger partial charge on any atom is -0.493 e. The van der Waals surface area contributed by atoms with Crippen molar-refractivity contribution in [1.82, 2.24) is 5.32 Å². The third-order valence-electron chi connectivity index (χ3n) is 3.24. The van der Waals surface area contributed by atoms with Crippen LogP contribution in [0.5, 0.6) is 5.75 Å². The Balaban J connectivity index is 2.45. The minimum atomic E-state index is -0.943. The number of halogens is 1. The first-order valence-electron chi connectivity index (χ1n) is 6.20. The molecule has 0 saturated carbocycles. The van der Waals surface area contributed by atoms with E-state index < -0.39 is 11.5 Å². The van der Waals surface area contributed by atoms with Crippen molar-refractivity contribution in [3.8, 4) is 5.75 Å². The van der Waals surface area contributed by atoms with E-state index in [2.05, 4.69) is 5.32 Å². The summed E-state index contributed by atoms with van der Waals surface area (Å²) in [5, 5.41) is 11.9. The van der Waals surface area contributed by atoms with E-state index in [1.54, 1.807) is 27.0 Å². The van der Waals surface area contributed by atoms with Crippen LogP contribution in [0.1, 0.15) is 25.3 Å². The molecule has 4 nitrogen and oxygen atoms in total. The Morgan fingerprint density at radius 2 is 2.21 bits per heavy atom. The van der Waals surface area contributed by atoms with Gasteiger partial charge in [-0.05, 0) is 57.5 Å². The molecule has 5 heteroatoms. The normalized spacial score (nSPS) is 13.9. The predicted molar refractivity (Wildman–Crippen MR) is 71.0 cm³/mol. The summed E-state index contributed by atoms with van der Waals surface area (Å²) in [5.74, 6) is -0.547. The number of carbonyl (C=O) groups is 1. The van der Waals surface area contributed by atoms with Gasteiger partial charge >= 0.3 is 5.97 Å². The highest BCUT2D eigenvalue weighted by atomic mass is 19.1. The van der Waals surface area contributed by atoms with Crippen LogP contribution in [-0.4, -0.2) is 30.3 Å². The molecule has 106 valence electrons. The number of carboxylic acids is 1. The predicted octanol–water partition coefficient (Wildman–Crippen LogP) is 2.36. The molecule has 0 fully saturated rings. The monoisotopic (exact) mass is 269 g/mol. The number of hydrogen-bond acceptors (Lipinski definition) is 3. The van der Waals surface area contributed by atoms with Gasteiger partial charge in [-0.2, -0.15) is 0 Å². The highest BCUT2D eigenvalue weighted by Gasteiger charge is 2.30. The molecular weight excluding hydrogens is 249 g/mol. The van der Waals surface area contributed by atoms with Crippen molar-refractivity contribution in [3.05, 3.63) is 29.6 Å². The van der Waals surface area contributed by atoms with Gasteiger partial charge in [0.1, 0.15) is 17.1 Å². The molecule has 0 saturated heterocycles. The fourth-order valence-electron chi connectivity index (χ4n) is 1.72. The van der Waals surface area contributed by atoms with E-state index in [0.717, 1.165) is 5.56 Å². The number of hydrogen-bond donors (Lipinski definition) is 2. The SMILES string of the molecule is CNC(C)(CCCOc1ccc(F)cc1C)C(=O)O. The van der Waals surface area contributed by atoms with Gasteiger partial charge in [0, 0.05) is 0 Å². The standard InChI is InChI=1S/C14H20FNO3/c1-10-9-11(15)5-6-12(10)19-8-4-7-14(2,16-3)13(17)18/h5-6,9,16H,4,7-8H2,1-3H3,(H,17,18). The largest absolute Gasteiger partial charge is 0.493 e. The lowest BCUT2D eigenvalue weighted by Crippen LogP contribution is -2.47. The molecule has 0 spiro atoms. The fourth-order valence-corrected chi connectivity index (χ4v) is 1.72. The van der Waals surface area contributed by atoms with Crippen LogP contribution < -0.4 is 10.1 Å². The molecule has 0 aliphatic rings. The van der Waals surface area contributed by atoms with E-state index in [9.17, 15) is 9.18 Å². The maximum Gasteiger partial charge on any atom is 0.323 e. The number of ether oxygens (including phenoxy) is 1. The Labute approximate surface area is 112 Å². The molecule has 1 atom stereocenters.